The first kappa shape index (κ1) is 11.5. The van der Waals surface area contributed by atoms with E-state index in [0.29, 0.717) is 0 Å². The maximum Gasteiger partial charge on any atom is 0.169 e. The monoisotopic (exact) mass is 230 g/mol. The summed E-state index contributed by atoms with van der Waals surface area (Å²) in [5.74, 6) is 1.50. The molecule has 0 aliphatic heterocycles. The molecule has 17 heavy (non-hydrogen) atoms. The van der Waals surface area contributed by atoms with Crippen LogP contribution < -0.4 is 14.0 Å². The van der Waals surface area contributed by atoms with Gasteiger partial charge in [-0.15, -0.1) is 0 Å². The summed E-state index contributed by atoms with van der Waals surface area (Å²) in [6.07, 6.45) is 4.04. The fourth-order valence-electron chi connectivity index (χ4n) is 1.71. The average Bonchev–Trinajstić information content (AvgIpc) is 2.39. The third-order valence-corrected chi connectivity index (χ3v) is 2.70. The van der Waals surface area contributed by atoms with Gasteiger partial charge in [0.05, 0.1) is 14.2 Å². The number of aryl methyl sites for hydroxylation is 1. The molecule has 3 nitrogen and oxygen atoms in total. The van der Waals surface area contributed by atoms with Gasteiger partial charge in [-0.25, -0.2) is 4.57 Å². The Morgan fingerprint density at radius 3 is 2.06 bits per heavy atom. The zero-order valence-electron chi connectivity index (χ0n) is 10.3. The third kappa shape index (κ3) is 2.38. The van der Waals surface area contributed by atoms with Gasteiger partial charge < -0.3 is 9.47 Å². The summed E-state index contributed by atoms with van der Waals surface area (Å²) in [6.45, 7) is 0. The molecule has 2 aromatic rings. The summed E-state index contributed by atoms with van der Waals surface area (Å²) in [7, 11) is 5.28. The smallest absolute Gasteiger partial charge is 0.169 e. The fraction of sp³-hybridized carbons (Fsp3) is 0.214. The van der Waals surface area contributed by atoms with Gasteiger partial charge in [0.1, 0.15) is 7.05 Å². The van der Waals surface area contributed by atoms with Crippen molar-refractivity contribution in [1.29, 1.82) is 0 Å². The molecule has 0 amide bonds. The van der Waals surface area contributed by atoms with Crippen molar-refractivity contribution in [2.24, 2.45) is 7.05 Å². The van der Waals surface area contributed by atoms with Crippen molar-refractivity contribution in [1.82, 2.24) is 0 Å². The highest BCUT2D eigenvalue weighted by atomic mass is 16.5. The first-order valence-corrected chi connectivity index (χ1v) is 5.42. The lowest BCUT2D eigenvalue weighted by molar-refractivity contribution is -0.671. The minimum atomic E-state index is 0.748. The molecular formula is C14H16NO2+. The Morgan fingerprint density at radius 1 is 0.824 bits per heavy atom. The standard InChI is InChI=1S/C14H16NO2/c1-15-8-6-11(7-9-15)12-4-5-13(16-2)14(10-12)17-3/h4-10H,1-3H3/q+1. The predicted octanol–water partition coefficient (Wildman–Crippen LogP) is 2.20. The first-order chi connectivity index (χ1) is 8.24. The summed E-state index contributed by atoms with van der Waals surface area (Å²) < 4.78 is 12.5. The Morgan fingerprint density at radius 2 is 1.47 bits per heavy atom. The molecule has 1 heterocycles. The second kappa shape index (κ2) is 4.87. The first-order valence-electron chi connectivity index (χ1n) is 5.42. The van der Waals surface area contributed by atoms with Crippen LogP contribution >= 0.6 is 0 Å². The maximum atomic E-state index is 5.29. The number of nitrogens with zero attached hydrogens (tertiary/aromatic N) is 1. The molecule has 0 aliphatic carbocycles. The Labute approximate surface area is 101 Å². The highest BCUT2D eigenvalue weighted by Gasteiger charge is 2.06. The van der Waals surface area contributed by atoms with Gasteiger partial charge >= 0.3 is 0 Å². The molecular weight excluding hydrogens is 214 g/mol. The van der Waals surface area contributed by atoms with Crippen molar-refractivity contribution in [3.8, 4) is 22.6 Å². The number of rotatable bonds is 3. The molecule has 0 saturated heterocycles. The van der Waals surface area contributed by atoms with Gasteiger partial charge in [0.25, 0.3) is 0 Å². The normalized spacial score (nSPS) is 10.1. The Bertz CT molecular complexity index is 506. The predicted molar refractivity (Wildman–Crippen MR) is 66.2 cm³/mol. The largest absolute Gasteiger partial charge is 0.493 e. The van der Waals surface area contributed by atoms with Gasteiger partial charge in [-0.1, -0.05) is 6.07 Å². The number of aromatic nitrogens is 1. The molecule has 0 bridgehead atoms. The molecule has 0 N–H and O–H groups in total. The van der Waals surface area contributed by atoms with E-state index in [-0.39, 0.29) is 0 Å². The van der Waals surface area contributed by atoms with E-state index in [9.17, 15) is 0 Å². The zero-order valence-corrected chi connectivity index (χ0v) is 10.3. The molecule has 0 saturated carbocycles. The fourth-order valence-corrected chi connectivity index (χ4v) is 1.71. The Hall–Kier alpha value is -2.03. The number of pyridine rings is 1. The molecule has 0 aliphatic rings. The molecule has 0 radical (unpaired) electrons. The number of hydrogen-bond acceptors (Lipinski definition) is 2. The van der Waals surface area contributed by atoms with Crippen molar-refractivity contribution < 1.29 is 14.0 Å². The van der Waals surface area contributed by atoms with Crippen LogP contribution in [0.1, 0.15) is 0 Å². The Balaban J connectivity index is 2.42. The summed E-state index contributed by atoms with van der Waals surface area (Å²) in [5.41, 5.74) is 2.27. The number of ether oxygens (including phenoxy) is 2. The maximum absolute atomic E-state index is 5.29. The van der Waals surface area contributed by atoms with Crippen LogP contribution in [0, 0.1) is 0 Å². The molecule has 3 heteroatoms. The molecule has 88 valence electrons. The third-order valence-electron chi connectivity index (χ3n) is 2.70. The van der Waals surface area contributed by atoms with Crippen LogP contribution in [0.2, 0.25) is 0 Å². The van der Waals surface area contributed by atoms with Crippen molar-refractivity contribution >= 4 is 0 Å². The van der Waals surface area contributed by atoms with Crippen LogP contribution in [0.3, 0.4) is 0 Å². The van der Waals surface area contributed by atoms with Gasteiger partial charge in [-0.3, -0.25) is 0 Å². The van der Waals surface area contributed by atoms with E-state index >= 15 is 0 Å². The quantitative estimate of drug-likeness (QED) is 0.754. The van der Waals surface area contributed by atoms with Crippen LogP contribution in [0.4, 0.5) is 0 Å². The summed E-state index contributed by atoms with van der Waals surface area (Å²) >= 11 is 0. The van der Waals surface area contributed by atoms with Gasteiger partial charge in [-0.05, 0) is 23.3 Å². The van der Waals surface area contributed by atoms with Gasteiger partial charge in [0.15, 0.2) is 23.9 Å². The minimum Gasteiger partial charge on any atom is -0.493 e. The minimum absolute atomic E-state index is 0.748. The van der Waals surface area contributed by atoms with Gasteiger partial charge in [-0.2, -0.15) is 0 Å². The number of benzene rings is 1. The zero-order chi connectivity index (χ0) is 12.3. The van der Waals surface area contributed by atoms with Gasteiger partial charge in [0.2, 0.25) is 0 Å². The van der Waals surface area contributed by atoms with Crippen LogP contribution in [0.5, 0.6) is 11.5 Å². The molecule has 2 rings (SSSR count). The lowest BCUT2D eigenvalue weighted by Gasteiger charge is -2.09. The topological polar surface area (TPSA) is 22.3 Å². The molecule has 0 atom stereocenters. The second-order valence-corrected chi connectivity index (χ2v) is 3.82. The highest BCUT2D eigenvalue weighted by molar-refractivity contribution is 5.66. The van der Waals surface area contributed by atoms with Crippen molar-refractivity contribution in [2.75, 3.05) is 14.2 Å². The van der Waals surface area contributed by atoms with Crippen LogP contribution in [-0.2, 0) is 7.05 Å². The number of methoxy groups -OCH3 is 2. The van der Waals surface area contributed by atoms with E-state index in [0.717, 1.165) is 22.6 Å². The van der Waals surface area contributed by atoms with E-state index in [2.05, 4.69) is 12.1 Å². The molecule has 1 aromatic heterocycles. The van der Waals surface area contributed by atoms with Crippen molar-refractivity contribution in [3.63, 3.8) is 0 Å². The van der Waals surface area contributed by atoms with E-state index < -0.39 is 0 Å². The van der Waals surface area contributed by atoms with E-state index in [1.54, 1.807) is 14.2 Å². The summed E-state index contributed by atoms with van der Waals surface area (Å²) in [5, 5.41) is 0. The molecule has 0 unspecified atom stereocenters. The van der Waals surface area contributed by atoms with Crippen molar-refractivity contribution in [3.05, 3.63) is 42.7 Å². The average molecular weight is 230 g/mol. The molecule has 1 aromatic carbocycles. The van der Waals surface area contributed by atoms with E-state index in [4.69, 9.17) is 9.47 Å². The summed E-state index contributed by atoms with van der Waals surface area (Å²) in [6, 6.07) is 10.1. The molecule has 0 fully saturated rings. The lowest BCUT2D eigenvalue weighted by Crippen LogP contribution is -2.25. The number of hydrogen-bond donors (Lipinski definition) is 0. The Kier molecular flexibility index (Phi) is 3.28. The van der Waals surface area contributed by atoms with Crippen LogP contribution in [-0.4, -0.2) is 14.2 Å². The highest BCUT2D eigenvalue weighted by Crippen LogP contribution is 2.31. The molecule has 0 spiro atoms. The van der Waals surface area contributed by atoms with Crippen LogP contribution in [0.15, 0.2) is 42.7 Å². The summed E-state index contributed by atoms with van der Waals surface area (Å²) in [4.78, 5) is 0. The lowest BCUT2D eigenvalue weighted by atomic mass is 10.1. The van der Waals surface area contributed by atoms with E-state index in [1.165, 1.54) is 0 Å². The second-order valence-electron chi connectivity index (χ2n) is 3.82. The SMILES string of the molecule is COc1ccc(-c2cc[n+](C)cc2)cc1OC. The van der Waals surface area contributed by atoms with Crippen LogP contribution in [0.25, 0.3) is 11.1 Å². The van der Waals surface area contributed by atoms with Gasteiger partial charge in [0, 0.05) is 12.1 Å². The van der Waals surface area contributed by atoms with Crippen molar-refractivity contribution in [2.45, 2.75) is 0 Å². The van der Waals surface area contributed by atoms with E-state index in [1.807, 2.05) is 42.2 Å².